The molecule has 27 heavy (non-hydrogen) atoms. The van der Waals surface area contributed by atoms with Crippen LogP contribution in [0, 0.1) is 5.82 Å². The Morgan fingerprint density at radius 3 is 2.26 bits per heavy atom. The fourth-order valence-electron chi connectivity index (χ4n) is 3.03. The summed E-state index contributed by atoms with van der Waals surface area (Å²) in [5.41, 5.74) is 1.07. The van der Waals surface area contributed by atoms with E-state index < -0.39 is 10.0 Å². The first-order valence-corrected chi connectivity index (χ1v) is 10.8. The molecule has 1 aliphatic rings. The molecule has 0 atom stereocenters. The molecule has 2 aromatic rings. The summed E-state index contributed by atoms with van der Waals surface area (Å²) >= 11 is 3.24. The molecule has 0 aromatic heterocycles. The number of nitrogens with zero attached hydrogens (tertiary/aromatic N) is 2. The molecule has 1 fully saturated rings. The van der Waals surface area contributed by atoms with Crippen LogP contribution in [-0.4, -0.2) is 49.6 Å². The van der Waals surface area contributed by atoms with Crippen molar-refractivity contribution in [3.63, 3.8) is 0 Å². The van der Waals surface area contributed by atoms with Gasteiger partial charge in [0.1, 0.15) is 5.82 Å². The number of piperazine rings is 1. The Labute approximate surface area is 167 Å². The minimum absolute atomic E-state index is 0.104. The topological polar surface area (TPSA) is 57.7 Å². The van der Waals surface area contributed by atoms with Gasteiger partial charge in [-0.15, -0.1) is 0 Å². The van der Waals surface area contributed by atoms with Crippen molar-refractivity contribution >= 4 is 31.7 Å². The van der Waals surface area contributed by atoms with Gasteiger partial charge in [0.05, 0.1) is 4.90 Å². The molecule has 2 aromatic carbocycles. The van der Waals surface area contributed by atoms with Crippen LogP contribution in [0.1, 0.15) is 22.8 Å². The molecule has 0 amide bonds. The van der Waals surface area contributed by atoms with Gasteiger partial charge < -0.3 is 0 Å². The molecule has 144 valence electrons. The molecular weight excluding hydrogens is 435 g/mol. The molecule has 0 N–H and O–H groups in total. The molecule has 0 bridgehead atoms. The summed E-state index contributed by atoms with van der Waals surface area (Å²) in [7, 11) is -3.60. The van der Waals surface area contributed by atoms with Crippen molar-refractivity contribution in [3.8, 4) is 0 Å². The van der Waals surface area contributed by atoms with Gasteiger partial charge in [-0.25, -0.2) is 12.8 Å². The maximum atomic E-state index is 14.0. The first-order chi connectivity index (χ1) is 12.8. The highest BCUT2D eigenvalue weighted by Gasteiger charge is 2.28. The van der Waals surface area contributed by atoms with E-state index in [1.807, 2.05) is 4.90 Å². The molecule has 0 saturated carbocycles. The Hall–Kier alpha value is -1.61. The van der Waals surface area contributed by atoms with Crippen LogP contribution in [0.25, 0.3) is 0 Å². The van der Waals surface area contributed by atoms with Crippen molar-refractivity contribution in [2.75, 3.05) is 26.2 Å². The Kier molecular flexibility index (Phi) is 6.10. The summed E-state index contributed by atoms with van der Waals surface area (Å²) in [6.07, 6.45) is 0. The number of sulfonamides is 1. The number of benzene rings is 2. The first kappa shape index (κ1) is 20.1. The number of carbonyl (C=O) groups excluding carboxylic acids is 1. The van der Waals surface area contributed by atoms with Crippen molar-refractivity contribution in [3.05, 3.63) is 63.9 Å². The molecule has 0 unspecified atom stereocenters. The summed E-state index contributed by atoms with van der Waals surface area (Å²) in [4.78, 5) is 13.6. The van der Waals surface area contributed by atoms with E-state index in [2.05, 4.69) is 15.9 Å². The number of hydrogen-bond acceptors (Lipinski definition) is 4. The first-order valence-electron chi connectivity index (χ1n) is 8.55. The van der Waals surface area contributed by atoms with Gasteiger partial charge in [0.2, 0.25) is 10.0 Å². The summed E-state index contributed by atoms with van der Waals surface area (Å²) in [6.45, 7) is 3.63. The number of halogens is 2. The minimum atomic E-state index is -3.60. The van der Waals surface area contributed by atoms with Crippen LogP contribution in [0.15, 0.2) is 51.8 Å². The quantitative estimate of drug-likeness (QED) is 0.650. The lowest BCUT2D eigenvalue weighted by Gasteiger charge is -2.34. The maximum absolute atomic E-state index is 14.0. The number of rotatable bonds is 5. The third-order valence-corrected chi connectivity index (χ3v) is 7.05. The van der Waals surface area contributed by atoms with E-state index in [4.69, 9.17) is 0 Å². The molecule has 0 radical (unpaired) electrons. The second kappa shape index (κ2) is 8.18. The smallest absolute Gasteiger partial charge is 0.243 e. The summed E-state index contributed by atoms with van der Waals surface area (Å²) < 4.78 is 41.7. The van der Waals surface area contributed by atoms with Gasteiger partial charge in [0.15, 0.2) is 5.78 Å². The predicted octanol–water partition coefficient (Wildman–Crippen LogP) is 3.30. The van der Waals surface area contributed by atoms with Gasteiger partial charge in [-0.2, -0.15) is 4.31 Å². The lowest BCUT2D eigenvalue weighted by atomic mass is 10.2. The highest BCUT2D eigenvalue weighted by Crippen LogP contribution is 2.21. The molecule has 0 aliphatic carbocycles. The van der Waals surface area contributed by atoms with Gasteiger partial charge >= 0.3 is 0 Å². The Bertz CT molecular complexity index is 940. The zero-order valence-corrected chi connectivity index (χ0v) is 17.3. The second-order valence-corrected chi connectivity index (χ2v) is 9.35. The van der Waals surface area contributed by atoms with Crippen molar-refractivity contribution in [2.45, 2.75) is 18.4 Å². The van der Waals surface area contributed by atoms with Gasteiger partial charge in [-0.05, 0) is 31.2 Å². The van der Waals surface area contributed by atoms with Crippen LogP contribution in [0.5, 0.6) is 0 Å². The van der Waals surface area contributed by atoms with Crippen LogP contribution >= 0.6 is 15.9 Å². The van der Waals surface area contributed by atoms with E-state index in [9.17, 15) is 17.6 Å². The lowest BCUT2D eigenvalue weighted by molar-refractivity contribution is 0.101. The fourth-order valence-corrected chi connectivity index (χ4v) is 4.78. The molecule has 1 saturated heterocycles. The third kappa shape index (κ3) is 4.63. The zero-order valence-electron chi connectivity index (χ0n) is 14.9. The average molecular weight is 455 g/mol. The Morgan fingerprint density at radius 2 is 1.70 bits per heavy atom. The van der Waals surface area contributed by atoms with Crippen LogP contribution < -0.4 is 0 Å². The molecule has 3 rings (SSSR count). The number of ketones is 1. The molecule has 8 heteroatoms. The Morgan fingerprint density at radius 1 is 1.07 bits per heavy atom. The lowest BCUT2D eigenvalue weighted by Crippen LogP contribution is -2.48. The summed E-state index contributed by atoms with van der Waals surface area (Å²) in [6, 6.07) is 11.0. The van der Waals surface area contributed by atoms with Gasteiger partial charge in [-0.1, -0.05) is 34.1 Å². The van der Waals surface area contributed by atoms with E-state index in [0.717, 1.165) is 0 Å². The normalized spacial score (nSPS) is 16.4. The van der Waals surface area contributed by atoms with Crippen molar-refractivity contribution in [1.29, 1.82) is 0 Å². The van der Waals surface area contributed by atoms with Crippen LogP contribution in [0.3, 0.4) is 0 Å². The molecule has 1 heterocycles. The van der Waals surface area contributed by atoms with E-state index in [0.29, 0.717) is 48.3 Å². The predicted molar refractivity (Wildman–Crippen MR) is 105 cm³/mol. The molecule has 0 spiro atoms. The monoisotopic (exact) mass is 454 g/mol. The van der Waals surface area contributed by atoms with E-state index in [-0.39, 0.29) is 16.5 Å². The number of hydrogen-bond donors (Lipinski definition) is 0. The minimum Gasteiger partial charge on any atom is -0.296 e. The fraction of sp³-hybridized carbons (Fsp3) is 0.316. The van der Waals surface area contributed by atoms with Gasteiger partial charge in [0.25, 0.3) is 0 Å². The zero-order chi connectivity index (χ0) is 19.6. The molecular formula is C19H20BrFN2O3S. The largest absolute Gasteiger partial charge is 0.296 e. The van der Waals surface area contributed by atoms with Crippen LogP contribution in [-0.2, 0) is 16.6 Å². The van der Waals surface area contributed by atoms with Crippen LogP contribution in [0.4, 0.5) is 4.39 Å². The van der Waals surface area contributed by atoms with Crippen LogP contribution in [0.2, 0.25) is 0 Å². The molecule has 1 aliphatic heterocycles. The van der Waals surface area contributed by atoms with Crippen molar-refractivity contribution in [2.24, 2.45) is 0 Å². The standard InChI is InChI=1S/C19H20BrFN2O3S/c1-14(24)15-3-6-18(7-4-15)27(25,26)23-10-8-22(9-11-23)13-16-2-5-17(20)12-19(16)21/h2-7,12H,8-11,13H2,1H3. The molecule has 5 nitrogen and oxygen atoms in total. The highest BCUT2D eigenvalue weighted by atomic mass is 79.9. The van der Waals surface area contributed by atoms with Gasteiger partial charge in [-0.3, -0.25) is 9.69 Å². The summed E-state index contributed by atoms with van der Waals surface area (Å²) in [5, 5.41) is 0. The number of carbonyl (C=O) groups is 1. The summed E-state index contributed by atoms with van der Waals surface area (Å²) in [5.74, 6) is -0.377. The second-order valence-electron chi connectivity index (χ2n) is 6.50. The highest BCUT2D eigenvalue weighted by molar-refractivity contribution is 9.10. The van der Waals surface area contributed by atoms with E-state index >= 15 is 0 Å². The van der Waals surface area contributed by atoms with E-state index in [1.165, 1.54) is 41.6 Å². The maximum Gasteiger partial charge on any atom is 0.243 e. The SMILES string of the molecule is CC(=O)c1ccc(S(=O)(=O)N2CCN(Cc3ccc(Br)cc3F)CC2)cc1. The Balaban J connectivity index is 1.64. The van der Waals surface area contributed by atoms with Gasteiger partial charge in [0, 0.05) is 48.3 Å². The van der Waals surface area contributed by atoms with Crippen molar-refractivity contribution in [1.82, 2.24) is 9.21 Å². The number of Topliss-reactive ketones (excluding diaryl/α,β-unsaturated/α-hetero) is 1. The average Bonchev–Trinajstić information content (AvgIpc) is 2.64. The third-order valence-electron chi connectivity index (χ3n) is 4.64. The van der Waals surface area contributed by atoms with Crippen molar-refractivity contribution < 1.29 is 17.6 Å². The van der Waals surface area contributed by atoms with E-state index in [1.54, 1.807) is 12.1 Å².